The van der Waals surface area contributed by atoms with Gasteiger partial charge in [0.15, 0.2) is 4.84 Å². The van der Waals surface area contributed by atoms with Gasteiger partial charge in [-0.05, 0) is 27.7 Å². The first kappa shape index (κ1) is 16.2. The summed E-state index contributed by atoms with van der Waals surface area (Å²) in [7, 11) is -3.71. The summed E-state index contributed by atoms with van der Waals surface area (Å²) < 4.78 is 22.2. The number of rotatable bonds is 6. The first-order valence-electron chi connectivity index (χ1n) is 4.73. The predicted octanol–water partition coefficient (Wildman–Crippen LogP) is 2.86. The van der Waals surface area contributed by atoms with E-state index in [1.54, 1.807) is 27.7 Å². The van der Waals surface area contributed by atoms with Crippen molar-refractivity contribution in [2.75, 3.05) is 0 Å². The lowest BCUT2D eigenvalue weighted by atomic mass is 10.5. The van der Waals surface area contributed by atoms with Gasteiger partial charge in [-0.2, -0.15) is 0 Å². The van der Waals surface area contributed by atoms with E-state index in [1.165, 1.54) is 0 Å². The number of hydrogen-bond acceptors (Lipinski definition) is 4. The fourth-order valence-electron chi connectivity index (χ4n) is 0.816. The average Bonchev–Trinajstić information content (AvgIpc) is 1.98. The molecule has 0 aliphatic rings. The normalized spacial score (nSPS) is 12.6. The van der Waals surface area contributed by atoms with E-state index in [-0.39, 0.29) is 12.2 Å². The summed E-state index contributed by atoms with van der Waals surface area (Å²) in [4.78, 5) is 9.89. The molecule has 0 aromatic rings. The van der Waals surface area contributed by atoms with Crippen LogP contribution in [-0.4, -0.2) is 23.0 Å². The van der Waals surface area contributed by atoms with Crippen molar-refractivity contribution < 1.29 is 18.4 Å². The molecule has 0 saturated carbocycles. The van der Waals surface area contributed by atoms with Gasteiger partial charge in [-0.15, -0.1) is 0 Å². The quantitative estimate of drug-likeness (QED) is 0.604. The third-order valence-electron chi connectivity index (χ3n) is 1.14. The molecule has 0 bridgehead atoms. The summed E-state index contributed by atoms with van der Waals surface area (Å²) in [5, 5.41) is 2.06. The summed E-state index contributed by atoms with van der Waals surface area (Å²) in [5.74, 6) is -0.812. The van der Waals surface area contributed by atoms with Crippen LogP contribution in [0.4, 0.5) is 0 Å². The number of amides is 1. The predicted molar refractivity (Wildman–Crippen MR) is 63.7 cm³/mol. The lowest BCUT2D eigenvalue weighted by molar-refractivity contribution is -0.118. The van der Waals surface area contributed by atoms with Gasteiger partial charge in [-0.25, -0.2) is 4.57 Å². The van der Waals surface area contributed by atoms with Gasteiger partial charge in [-0.1, -0.05) is 23.2 Å². The molecule has 0 aliphatic heterocycles. The Hall–Kier alpha value is 0.200. The second kappa shape index (κ2) is 6.82. The van der Waals surface area contributed by atoms with Crippen LogP contribution in [-0.2, 0) is 18.4 Å². The van der Waals surface area contributed by atoms with Crippen LogP contribution in [0.2, 0.25) is 0 Å². The van der Waals surface area contributed by atoms with Crippen molar-refractivity contribution in [3.8, 4) is 0 Å². The zero-order chi connectivity index (χ0) is 12.9. The Morgan fingerprint density at radius 3 is 1.75 bits per heavy atom. The molecule has 0 radical (unpaired) electrons. The Bertz CT molecular complexity index is 269. The van der Waals surface area contributed by atoms with E-state index in [1.807, 2.05) is 0 Å². The van der Waals surface area contributed by atoms with E-state index in [2.05, 4.69) is 5.09 Å². The molecule has 0 aliphatic carbocycles. The van der Waals surface area contributed by atoms with Crippen LogP contribution in [0.1, 0.15) is 27.7 Å². The average molecular weight is 292 g/mol. The van der Waals surface area contributed by atoms with Crippen molar-refractivity contribution in [3.05, 3.63) is 0 Å². The molecule has 0 aromatic heterocycles. The second-order valence-corrected chi connectivity index (χ2v) is 6.32. The first-order valence-corrected chi connectivity index (χ1v) is 7.15. The van der Waals surface area contributed by atoms with Crippen molar-refractivity contribution in [2.45, 2.75) is 44.7 Å². The standard InChI is InChI=1S/C8H16Cl2NO4P/c1-5(2)14-16(13,15-6(3)4)11-8(12)7(9)10/h5-7H,1-4H3,(H,11,12,13). The Morgan fingerprint density at radius 2 is 1.50 bits per heavy atom. The van der Waals surface area contributed by atoms with Crippen molar-refractivity contribution in [3.63, 3.8) is 0 Å². The summed E-state index contributed by atoms with van der Waals surface area (Å²) in [6.07, 6.45) is -0.733. The molecule has 0 aromatic carbocycles. The SMILES string of the molecule is CC(C)OP(=O)(NC(=O)C(Cl)Cl)OC(C)C. The van der Waals surface area contributed by atoms with Crippen LogP contribution >= 0.6 is 30.9 Å². The molecule has 1 N–H and O–H groups in total. The second-order valence-electron chi connectivity index (χ2n) is 3.58. The summed E-state index contributed by atoms with van der Waals surface area (Å²) in [6.45, 7) is 6.67. The highest BCUT2D eigenvalue weighted by Crippen LogP contribution is 2.46. The third kappa shape index (κ3) is 6.71. The van der Waals surface area contributed by atoms with E-state index in [0.717, 1.165) is 0 Å². The molecule has 0 rings (SSSR count). The lowest BCUT2D eigenvalue weighted by Gasteiger charge is -2.22. The maximum atomic E-state index is 12.1. The monoisotopic (exact) mass is 291 g/mol. The Labute approximate surface area is 105 Å². The minimum Gasteiger partial charge on any atom is -0.289 e. The van der Waals surface area contributed by atoms with Gasteiger partial charge in [0.2, 0.25) is 0 Å². The zero-order valence-electron chi connectivity index (χ0n) is 9.57. The largest absolute Gasteiger partial charge is 0.435 e. The van der Waals surface area contributed by atoms with E-state index in [9.17, 15) is 9.36 Å². The summed E-state index contributed by atoms with van der Waals surface area (Å²) in [5.41, 5.74) is 0. The molecule has 0 unspecified atom stereocenters. The van der Waals surface area contributed by atoms with Crippen LogP contribution < -0.4 is 5.09 Å². The molecule has 96 valence electrons. The van der Waals surface area contributed by atoms with Crippen LogP contribution in [0.25, 0.3) is 0 Å². The topological polar surface area (TPSA) is 64.6 Å². The first-order chi connectivity index (χ1) is 7.16. The smallest absolute Gasteiger partial charge is 0.289 e. The molecule has 16 heavy (non-hydrogen) atoms. The van der Waals surface area contributed by atoms with E-state index in [4.69, 9.17) is 32.2 Å². The van der Waals surface area contributed by atoms with Crippen LogP contribution in [0.5, 0.6) is 0 Å². The number of nitrogens with one attached hydrogen (secondary N) is 1. The van der Waals surface area contributed by atoms with Crippen LogP contribution in [0.3, 0.4) is 0 Å². The molecular formula is C8H16Cl2NO4P. The molecule has 5 nitrogen and oxygen atoms in total. The minimum atomic E-state index is -3.71. The highest BCUT2D eigenvalue weighted by molar-refractivity contribution is 7.52. The molecule has 0 saturated heterocycles. The van der Waals surface area contributed by atoms with Crippen molar-refractivity contribution in [2.24, 2.45) is 0 Å². The van der Waals surface area contributed by atoms with Gasteiger partial charge in [0.05, 0.1) is 12.2 Å². The van der Waals surface area contributed by atoms with E-state index >= 15 is 0 Å². The molecule has 0 spiro atoms. The number of halogens is 2. The zero-order valence-corrected chi connectivity index (χ0v) is 12.0. The van der Waals surface area contributed by atoms with Crippen LogP contribution in [0, 0.1) is 0 Å². The van der Waals surface area contributed by atoms with Crippen LogP contribution in [0.15, 0.2) is 0 Å². The fraction of sp³-hybridized carbons (Fsp3) is 0.875. The summed E-state index contributed by atoms with van der Waals surface area (Å²) in [6, 6.07) is 0. The molecular weight excluding hydrogens is 276 g/mol. The Morgan fingerprint density at radius 1 is 1.12 bits per heavy atom. The number of hydrogen-bond donors (Lipinski definition) is 1. The maximum absolute atomic E-state index is 12.1. The highest BCUT2D eigenvalue weighted by atomic mass is 35.5. The molecule has 1 amide bonds. The van der Waals surface area contributed by atoms with Crippen molar-refractivity contribution >= 4 is 36.9 Å². The number of carbonyl (C=O) groups excluding carboxylic acids is 1. The fourth-order valence-corrected chi connectivity index (χ4v) is 2.74. The molecule has 0 heterocycles. The van der Waals surface area contributed by atoms with Gasteiger partial charge in [0, 0.05) is 0 Å². The number of carbonyl (C=O) groups is 1. The van der Waals surface area contributed by atoms with Gasteiger partial charge in [0.1, 0.15) is 0 Å². The molecule has 0 atom stereocenters. The van der Waals surface area contributed by atoms with Gasteiger partial charge >= 0.3 is 7.75 Å². The third-order valence-corrected chi connectivity index (χ3v) is 3.43. The maximum Gasteiger partial charge on any atom is 0.435 e. The number of alkyl halides is 2. The Kier molecular flexibility index (Phi) is 6.90. The molecule has 8 heteroatoms. The van der Waals surface area contributed by atoms with Crippen molar-refractivity contribution in [1.82, 2.24) is 5.09 Å². The van der Waals surface area contributed by atoms with Gasteiger partial charge in [0.25, 0.3) is 5.91 Å². The molecule has 0 fully saturated rings. The van der Waals surface area contributed by atoms with E-state index < -0.39 is 18.5 Å². The summed E-state index contributed by atoms with van der Waals surface area (Å²) >= 11 is 10.7. The minimum absolute atomic E-state index is 0.367. The van der Waals surface area contributed by atoms with E-state index in [0.29, 0.717) is 0 Å². The highest BCUT2D eigenvalue weighted by Gasteiger charge is 2.32. The van der Waals surface area contributed by atoms with Crippen molar-refractivity contribution in [1.29, 1.82) is 0 Å². The lowest BCUT2D eigenvalue weighted by Crippen LogP contribution is -2.29. The van der Waals surface area contributed by atoms with Gasteiger partial charge in [-0.3, -0.25) is 18.9 Å². The van der Waals surface area contributed by atoms with Gasteiger partial charge < -0.3 is 0 Å². The Balaban J connectivity index is 4.66.